The lowest BCUT2D eigenvalue weighted by Gasteiger charge is -2.66. The predicted octanol–water partition coefficient (Wildman–Crippen LogP) is 2.96. The van der Waals surface area contributed by atoms with Crippen LogP contribution in [0.2, 0.25) is 0 Å². The van der Waals surface area contributed by atoms with Crippen LogP contribution >= 0.6 is 0 Å². The number of allylic oxidation sites excluding steroid dienone is 2. The number of benzene rings is 1. The van der Waals surface area contributed by atoms with Gasteiger partial charge in [-0.3, -0.25) is 9.69 Å². The number of esters is 1. The molecular weight excluding hydrogens is 340 g/mol. The van der Waals surface area contributed by atoms with E-state index in [1.807, 2.05) is 13.0 Å². The number of hydrogen-bond acceptors (Lipinski definition) is 4. The van der Waals surface area contributed by atoms with Gasteiger partial charge in [-0.2, -0.15) is 0 Å². The lowest BCUT2D eigenvalue weighted by molar-refractivity contribution is -0.209. The van der Waals surface area contributed by atoms with Gasteiger partial charge in [-0.1, -0.05) is 30.4 Å². The maximum atomic E-state index is 13.2. The van der Waals surface area contributed by atoms with Crippen molar-refractivity contribution in [2.24, 2.45) is 10.8 Å². The number of carbonyl (C=O) groups is 1. The fourth-order valence-corrected chi connectivity index (χ4v) is 6.39. The van der Waals surface area contributed by atoms with Crippen molar-refractivity contribution in [3.63, 3.8) is 0 Å². The highest BCUT2D eigenvalue weighted by Gasteiger charge is 2.69. The van der Waals surface area contributed by atoms with Crippen molar-refractivity contribution in [2.75, 3.05) is 20.3 Å². The molecule has 1 unspecified atom stereocenters. The summed E-state index contributed by atoms with van der Waals surface area (Å²) in [5.41, 5.74) is 2.45. The van der Waals surface area contributed by atoms with E-state index in [-0.39, 0.29) is 30.1 Å². The van der Waals surface area contributed by atoms with E-state index in [1.165, 1.54) is 23.8 Å². The minimum atomic E-state index is -0.918. The van der Waals surface area contributed by atoms with Crippen LogP contribution in [0, 0.1) is 10.8 Å². The van der Waals surface area contributed by atoms with Gasteiger partial charge in [0.2, 0.25) is 0 Å². The number of nitrogens with one attached hydrogen (secondary N) is 1. The van der Waals surface area contributed by atoms with Crippen molar-refractivity contribution in [2.45, 2.75) is 38.3 Å². The number of aromatic nitrogens is 1. The van der Waals surface area contributed by atoms with Gasteiger partial charge in [-0.05, 0) is 37.8 Å². The maximum absolute atomic E-state index is 13.2. The largest absolute Gasteiger partial charge is 0.468 e. The highest BCUT2D eigenvalue weighted by molar-refractivity contribution is 5.86. The quantitative estimate of drug-likeness (QED) is 0.647. The standard InChI is InChI=1S/C22H26N2O3/c1-3-8-21-9-10-24-17(12-21)19-15(14-6-4-5-7-16(14)23-19)11-18(24)22(21,13-25)20(26)27-2/h3-8,17-18,23,25H,9-13H2,1-2H3/t17-,18-,21+,22-/m1/s1. The van der Waals surface area contributed by atoms with E-state index in [0.717, 1.165) is 31.3 Å². The molecule has 3 saturated heterocycles. The van der Waals surface area contributed by atoms with Crippen LogP contribution in [0.3, 0.4) is 0 Å². The number of para-hydroxylation sites is 1. The SMILES string of the molecule is CC=C[C@]12CCN3[C@H](C1)c1[nH]c4ccccc4c1C[C@@H]3[C@]2(CO)C(=O)OC. The highest BCUT2D eigenvalue weighted by Crippen LogP contribution is 2.65. The zero-order valence-corrected chi connectivity index (χ0v) is 15.9. The zero-order chi connectivity index (χ0) is 18.8. The monoisotopic (exact) mass is 366 g/mol. The number of aliphatic hydroxyl groups is 1. The lowest BCUT2D eigenvalue weighted by Crippen LogP contribution is -2.73. The van der Waals surface area contributed by atoms with Gasteiger partial charge in [0.05, 0.1) is 19.8 Å². The molecule has 0 spiro atoms. The van der Waals surface area contributed by atoms with E-state index >= 15 is 0 Å². The molecule has 4 aliphatic heterocycles. The Balaban J connectivity index is 1.76. The minimum Gasteiger partial charge on any atom is -0.468 e. The minimum absolute atomic E-state index is 0.0506. The molecule has 2 N–H and O–H groups in total. The van der Waals surface area contributed by atoms with Crippen LogP contribution in [0.15, 0.2) is 36.4 Å². The molecular formula is C22H26N2O3. The molecule has 2 aromatic rings. The maximum Gasteiger partial charge on any atom is 0.316 e. The van der Waals surface area contributed by atoms with E-state index in [2.05, 4.69) is 40.2 Å². The summed E-state index contributed by atoms with van der Waals surface area (Å²) in [5, 5.41) is 11.8. The summed E-state index contributed by atoms with van der Waals surface area (Å²) in [6, 6.07) is 8.59. The second kappa shape index (κ2) is 5.69. The number of aliphatic hydroxyl groups excluding tert-OH is 1. The molecule has 4 aliphatic rings. The van der Waals surface area contributed by atoms with E-state index in [4.69, 9.17) is 4.74 Å². The van der Waals surface area contributed by atoms with Gasteiger partial charge in [0, 0.05) is 34.6 Å². The smallest absolute Gasteiger partial charge is 0.316 e. The summed E-state index contributed by atoms with van der Waals surface area (Å²) >= 11 is 0. The summed E-state index contributed by atoms with van der Waals surface area (Å²) in [7, 11) is 1.44. The zero-order valence-electron chi connectivity index (χ0n) is 15.9. The first-order valence-electron chi connectivity index (χ1n) is 9.80. The van der Waals surface area contributed by atoms with E-state index in [1.54, 1.807) is 0 Å². The third-order valence-electron chi connectivity index (χ3n) is 7.49. The van der Waals surface area contributed by atoms with Gasteiger partial charge >= 0.3 is 5.97 Å². The van der Waals surface area contributed by atoms with Gasteiger partial charge in [-0.15, -0.1) is 0 Å². The second-order valence-corrected chi connectivity index (χ2v) is 8.27. The molecule has 142 valence electrons. The molecule has 0 aliphatic carbocycles. The van der Waals surface area contributed by atoms with Crippen LogP contribution < -0.4 is 0 Å². The van der Waals surface area contributed by atoms with Crippen LogP contribution in [0.5, 0.6) is 0 Å². The number of piperidine rings is 3. The van der Waals surface area contributed by atoms with Gasteiger partial charge in [-0.25, -0.2) is 0 Å². The number of carbonyl (C=O) groups excluding carboxylic acids is 1. The Morgan fingerprint density at radius 3 is 3.00 bits per heavy atom. The number of methoxy groups -OCH3 is 1. The highest BCUT2D eigenvalue weighted by atomic mass is 16.5. The summed E-state index contributed by atoms with van der Waals surface area (Å²) in [6.45, 7) is 2.75. The Bertz CT molecular complexity index is 948. The lowest BCUT2D eigenvalue weighted by atomic mass is 9.48. The predicted molar refractivity (Wildman–Crippen MR) is 103 cm³/mol. The van der Waals surface area contributed by atoms with Crippen LogP contribution in [0.4, 0.5) is 0 Å². The molecule has 5 heteroatoms. The van der Waals surface area contributed by atoms with E-state index < -0.39 is 5.41 Å². The Kier molecular flexibility index (Phi) is 3.59. The van der Waals surface area contributed by atoms with Crippen LogP contribution in [-0.4, -0.2) is 47.3 Å². The van der Waals surface area contributed by atoms with Crippen molar-refractivity contribution in [3.05, 3.63) is 47.7 Å². The third-order valence-corrected chi connectivity index (χ3v) is 7.49. The van der Waals surface area contributed by atoms with Crippen LogP contribution in [0.25, 0.3) is 10.9 Å². The fourth-order valence-electron chi connectivity index (χ4n) is 6.39. The van der Waals surface area contributed by atoms with Crippen LogP contribution in [0.1, 0.15) is 37.1 Å². The molecule has 6 rings (SSSR count). The molecule has 3 fully saturated rings. The van der Waals surface area contributed by atoms with Crippen molar-refractivity contribution in [3.8, 4) is 0 Å². The van der Waals surface area contributed by atoms with Crippen molar-refractivity contribution in [1.82, 2.24) is 9.88 Å². The normalized spacial score (nSPS) is 36.9. The van der Waals surface area contributed by atoms with Crippen molar-refractivity contribution in [1.29, 1.82) is 0 Å². The molecule has 1 aromatic heterocycles. The Morgan fingerprint density at radius 2 is 2.26 bits per heavy atom. The number of H-pyrrole nitrogens is 1. The molecule has 5 heterocycles. The van der Waals surface area contributed by atoms with Gasteiger partial charge < -0.3 is 14.8 Å². The first-order chi connectivity index (χ1) is 13.1. The van der Waals surface area contributed by atoms with Gasteiger partial charge in [0.1, 0.15) is 5.41 Å². The number of hydrogen-bond donors (Lipinski definition) is 2. The fraction of sp³-hybridized carbons (Fsp3) is 0.500. The first kappa shape index (κ1) is 17.0. The van der Waals surface area contributed by atoms with Gasteiger partial charge in [0.25, 0.3) is 0 Å². The van der Waals surface area contributed by atoms with E-state index in [0.29, 0.717) is 0 Å². The Labute approximate surface area is 159 Å². The van der Waals surface area contributed by atoms with Crippen molar-refractivity contribution < 1.29 is 14.6 Å². The molecule has 27 heavy (non-hydrogen) atoms. The molecule has 0 saturated carbocycles. The summed E-state index contributed by atoms with van der Waals surface area (Å²) in [6.07, 6.45) is 6.66. The number of nitrogens with zero attached hydrogens (tertiary/aromatic N) is 1. The van der Waals surface area contributed by atoms with Crippen molar-refractivity contribution >= 4 is 16.9 Å². The van der Waals surface area contributed by atoms with Gasteiger partial charge in [0.15, 0.2) is 0 Å². The summed E-state index contributed by atoms with van der Waals surface area (Å²) in [5.74, 6) is -0.278. The molecule has 5 atom stereocenters. The van der Waals surface area contributed by atoms with E-state index in [9.17, 15) is 9.90 Å². The topological polar surface area (TPSA) is 65.6 Å². The Hall–Kier alpha value is -2.11. The Morgan fingerprint density at radius 1 is 1.44 bits per heavy atom. The summed E-state index contributed by atoms with van der Waals surface area (Å²) in [4.78, 5) is 19.3. The molecule has 1 aromatic carbocycles. The molecule has 4 bridgehead atoms. The first-order valence-corrected chi connectivity index (χ1v) is 9.80. The molecule has 0 radical (unpaired) electrons. The van der Waals surface area contributed by atoms with Crippen LogP contribution in [-0.2, 0) is 16.0 Å². The third kappa shape index (κ3) is 1.89. The molecule has 5 nitrogen and oxygen atoms in total. The number of ether oxygens (including phenoxy) is 1. The number of rotatable bonds is 3. The average Bonchev–Trinajstić information content (AvgIpc) is 3.07. The number of aromatic amines is 1. The number of fused-ring (bicyclic) bond motifs is 4. The second-order valence-electron chi connectivity index (χ2n) is 8.27. The average molecular weight is 366 g/mol. The summed E-state index contributed by atoms with van der Waals surface area (Å²) < 4.78 is 5.29. The molecule has 0 amide bonds.